The molecule has 0 unspecified atom stereocenters. The van der Waals surface area contributed by atoms with E-state index in [2.05, 4.69) is 169 Å². The van der Waals surface area contributed by atoms with Gasteiger partial charge < -0.3 is 4.90 Å². The van der Waals surface area contributed by atoms with E-state index in [1.54, 1.807) is 0 Å². The summed E-state index contributed by atoms with van der Waals surface area (Å²) < 4.78 is 2.62. The number of hydrogen-bond acceptors (Lipinski definition) is 2. The number of fused-ring (bicyclic) bond motifs is 7. The topological polar surface area (TPSA) is 3.24 Å². The predicted molar refractivity (Wildman–Crippen MR) is 192 cm³/mol. The Hall–Kier alpha value is -5.44. The minimum Gasteiger partial charge on any atom is -0.310 e. The third kappa shape index (κ3) is 4.07. The zero-order valence-corrected chi connectivity index (χ0v) is 24.8. The summed E-state index contributed by atoms with van der Waals surface area (Å²) in [5, 5.41) is 10.2. The molecule has 1 heterocycles. The lowest BCUT2D eigenvalue weighted by Crippen LogP contribution is -2.09. The van der Waals surface area contributed by atoms with E-state index in [1.807, 2.05) is 11.3 Å². The van der Waals surface area contributed by atoms with Gasteiger partial charge in [0.1, 0.15) is 0 Å². The number of rotatable bonds is 4. The van der Waals surface area contributed by atoms with Gasteiger partial charge in [0, 0.05) is 37.2 Å². The van der Waals surface area contributed by atoms with Crippen LogP contribution < -0.4 is 4.90 Å². The maximum atomic E-state index is 2.40. The van der Waals surface area contributed by atoms with Gasteiger partial charge in [0.2, 0.25) is 0 Å². The monoisotopic (exact) mass is 577 g/mol. The molecule has 9 aromatic rings. The number of hydrogen-bond donors (Lipinski definition) is 0. The smallest absolute Gasteiger partial charge is 0.0476 e. The minimum atomic E-state index is 1.13. The highest BCUT2D eigenvalue weighted by Crippen LogP contribution is 2.42. The Bertz CT molecular complexity index is 2500. The highest BCUT2D eigenvalue weighted by molar-refractivity contribution is 7.25. The summed E-state index contributed by atoms with van der Waals surface area (Å²) in [4.78, 5) is 2.40. The molecule has 0 radical (unpaired) electrons. The summed E-state index contributed by atoms with van der Waals surface area (Å²) in [6.07, 6.45) is 0. The first-order valence-corrected chi connectivity index (χ1v) is 15.8. The maximum Gasteiger partial charge on any atom is 0.0476 e. The first-order valence-electron chi connectivity index (χ1n) is 15.0. The summed E-state index contributed by atoms with van der Waals surface area (Å²) >= 11 is 1.86. The maximum absolute atomic E-state index is 2.40. The van der Waals surface area contributed by atoms with Crippen molar-refractivity contribution in [3.05, 3.63) is 164 Å². The molecule has 1 nitrogen and oxygen atoms in total. The largest absolute Gasteiger partial charge is 0.310 e. The van der Waals surface area contributed by atoms with E-state index in [4.69, 9.17) is 0 Å². The second-order valence-corrected chi connectivity index (χ2v) is 12.5. The standard InChI is InChI=1S/C42H27NS/c1-3-11-35-28(8-1)10-7-14-36(35)30-18-21-32(22-19-30)43(34-24-25-39-38-13-5-6-15-41(38)44-42(39)27-34)33-23-20-31-17-16-29-9-2-4-12-37(29)40(31)26-33/h1-27H. The van der Waals surface area contributed by atoms with Crippen LogP contribution in [0.4, 0.5) is 17.1 Å². The van der Waals surface area contributed by atoms with E-state index in [-0.39, 0.29) is 0 Å². The Morgan fingerprint density at radius 2 is 0.909 bits per heavy atom. The Labute approximate surface area is 259 Å². The van der Waals surface area contributed by atoms with Crippen molar-refractivity contribution in [1.82, 2.24) is 0 Å². The van der Waals surface area contributed by atoms with Crippen LogP contribution in [-0.4, -0.2) is 0 Å². The van der Waals surface area contributed by atoms with E-state index in [9.17, 15) is 0 Å². The molecule has 0 spiro atoms. The van der Waals surface area contributed by atoms with E-state index >= 15 is 0 Å². The second-order valence-electron chi connectivity index (χ2n) is 11.4. The zero-order chi connectivity index (χ0) is 29.0. The summed E-state index contributed by atoms with van der Waals surface area (Å²) in [6.45, 7) is 0. The van der Waals surface area contributed by atoms with Crippen LogP contribution in [-0.2, 0) is 0 Å². The van der Waals surface area contributed by atoms with Gasteiger partial charge >= 0.3 is 0 Å². The van der Waals surface area contributed by atoms with Gasteiger partial charge in [-0.05, 0) is 85.9 Å². The Morgan fingerprint density at radius 1 is 0.341 bits per heavy atom. The highest BCUT2D eigenvalue weighted by atomic mass is 32.1. The molecular weight excluding hydrogens is 551 g/mol. The molecule has 0 amide bonds. The van der Waals surface area contributed by atoms with Crippen LogP contribution in [0.3, 0.4) is 0 Å². The summed E-state index contributed by atoms with van der Waals surface area (Å²) in [5.74, 6) is 0. The fourth-order valence-electron chi connectivity index (χ4n) is 6.70. The molecule has 1 aromatic heterocycles. The average molecular weight is 578 g/mol. The summed E-state index contributed by atoms with van der Waals surface area (Å²) in [7, 11) is 0. The van der Waals surface area contributed by atoms with Crippen molar-refractivity contribution in [3.63, 3.8) is 0 Å². The van der Waals surface area contributed by atoms with E-state index in [0.29, 0.717) is 0 Å². The molecule has 2 heteroatoms. The molecule has 0 fully saturated rings. The molecule has 0 aliphatic carbocycles. The average Bonchev–Trinajstić information content (AvgIpc) is 3.46. The van der Waals surface area contributed by atoms with Crippen LogP contribution in [0, 0.1) is 0 Å². The molecule has 8 aromatic carbocycles. The van der Waals surface area contributed by atoms with Crippen molar-refractivity contribution in [2.75, 3.05) is 4.90 Å². The van der Waals surface area contributed by atoms with Crippen LogP contribution in [0.15, 0.2) is 164 Å². The lowest BCUT2D eigenvalue weighted by atomic mass is 9.98. The normalized spacial score (nSPS) is 11.6. The summed E-state index contributed by atoms with van der Waals surface area (Å²) in [5.41, 5.74) is 5.91. The van der Waals surface area contributed by atoms with Gasteiger partial charge in [0.15, 0.2) is 0 Å². The van der Waals surface area contributed by atoms with Crippen LogP contribution in [0.25, 0.3) is 63.6 Å². The summed E-state index contributed by atoms with van der Waals surface area (Å²) in [6, 6.07) is 59.8. The fourth-order valence-corrected chi connectivity index (χ4v) is 7.84. The third-order valence-corrected chi connectivity index (χ3v) is 9.97. The van der Waals surface area contributed by atoms with Crippen molar-refractivity contribution in [2.24, 2.45) is 0 Å². The van der Waals surface area contributed by atoms with Crippen LogP contribution >= 0.6 is 11.3 Å². The number of thiophene rings is 1. The van der Waals surface area contributed by atoms with Gasteiger partial charge in [-0.2, -0.15) is 0 Å². The van der Waals surface area contributed by atoms with Crippen LogP contribution in [0.2, 0.25) is 0 Å². The molecule has 0 saturated carbocycles. The molecule has 0 aliphatic heterocycles. The predicted octanol–water partition coefficient (Wildman–Crippen LogP) is 12.7. The molecular formula is C42H27NS. The van der Waals surface area contributed by atoms with Gasteiger partial charge in [-0.3, -0.25) is 0 Å². The molecule has 0 N–H and O–H groups in total. The number of nitrogens with zero attached hydrogens (tertiary/aromatic N) is 1. The third-order valence-electron chi connectivity index (χ3n) is 8.84. The first kappa shape index (κ1) is 25.1. The zero-order valence-electron chi connectivity index (χ0n) is 23.9. The molecule has 44 heavy (non-hydrogen) atoms. The molecule has 0 atom stereocenters. The number of anilines is 3. The number of benzene rings is 8. The molecule has 0 bridgehead atoms. The quantitative estimate of drug-likeness (QED) is 0.188. The van der Waals surface area contributed by atoms with Crippen LogP contribution in [0.1, 0.15) is 0 Å². The lowest BCUT2D eigenvalue weighted by Gasteiger charge is -2.26. The van der Waals surface area contributed by atoms with Crippen molar-refractivity contribution in [3.8, 4) is 11.1 Å². The van der Waals surface area contributed by atoms with Crippen molar-refractivity contribution in [2.45, 2.75) is 0 Å². The molecule has 206 valence electrons. The van der Waals surface area contributed by atoms with Crippen molar-refractivity contribution >= 4 is 80.9 Å². The Morgan fingerprint density at radius 3 is 1.75 bits per heavy atom. The Kier molecular flexibility index (Phi) is 5.75. The van der Waals surface area contributed by atoms with Gasteiger partial charge in [0.25, 0.3) is 0 Å². The lowest BCUT2D eigenvalue weighted by molar-refractivity contribution is 1.30. The highest BCUT2D eigenvalue weighted by Gasteiger charge is 2.16. The van der Waals surface area contributed by atoms with Gasteiger partial charge in [-0.25, -0.2) is 0 Å². The van der Waals surface area contributed by atoms with Gasteiger partial charge in [0.05, 0.1) is 0 Å². The van der Waals surface area contributed by atoms with E-state index in [1.165, 1.54) is 63.6 Å². The minimum absolute atomic E-state index is 1.13. The van der Waals surface area contributed by atoms with E-state index < -0.39 is 0 Å². The SMILES string of the molecule is c1ccc2c(-c3ccc(N(c4ccc5c(c4)sc4ccccc45)c4ccc5ccc6ccccc6c5c4)cc3)cccc2c1. The first-order chi connectivity index (χ1) is 21.8. The molecule has 0 saturated heterocycles. The second kappa shape index (κ2) is 10.1. The van der Waals surface area contributed by atoms with Crippen LogP contribution in [0.5, 0.6) is 0 Å². The van der Waals surface area contributed by atoms with E-state index in [0.717, 1.165) is 17.1 Å². The Balaban J connectivity index is 1.23. The fraction of sp³-hybridized carbons (Fsp3) is 0. The molecule has 9 rings (SSSR count). The molecule has 0 aliphatic rings. The van der Waals surface area contributed by atoms with Gasteiger partial charge in [-0.15, -0.1) is 11.3 Å². The van der Waals surface area contributed by atoms with Gasteiger partial charge in [-0.1, -0.05) is 121 Å². The van der Waals surface area contributed by atoms with Crippen molar-refractivity contribution < 1.29 is 0 Å². The van der Waals surface area contributed by atoms with Crippen molar-refractivity contribution in [1.29, 1.82) is 0 Å².